The Morgan fingerprint density at radius 2 is 2.00 bits per heavy atom. The maximum Gasteiger partial charge on any atom is 0.170 e. The molecule has 2 aromatic rings. The highest BCUT2D eigenvalue weighted by atomic mass is 35.5. The fraction of sp³-hybridized carbons (Fsp3) is 0.200. The Kier molecular flexibility index (Phi) is 3.86. The molecular weight excluding hydrogens is 260 g/mol. The summed E-state index contributed by atoms with van der Waals surface area (Å²) in [4.78, 5) is 16.1. The number of benzene rings is 1. The van der Waals surface area contributed by atoms with Crippen molar-refractivity contribution in [3.8, 4) is 0 Å². The van der Waals surface area contributed by atoms with Crippen LogP contribution in [0.4, 0.5) is 5.82 Å². The first-order valence-electron chi connectivity index (χ1n) is 5.97. The van der Waals surface area contributed by atoms with Gasteiger partial charge in [0.25, 0.3) is 0 Å². The van der Waals surface area contributed by atoms with Crippen LogP contribution in [0.2, 0.25) is 5.02 Å². The highest BCUT2D eigenvalue weighted by Gasteiger charge is 2.12. The molecule has 2 N–H and O–H groups in total. The first-order valence-corrected chi connectivity index (χ1v) is 6.35. The van der Waals surface area contributed by atoms with Crippen molar-refractivity contribution in [2.75, 3.05) is 5.73 Å². The Hall–Kier alpha value is -1.87. The number of hydrogen-bond donors (Lipinski definition) is 1. The maximum absolute atomic E-state index is 12.2. The van der Waals surface area contributed by atoms with Gasteiger partial charge in [-0.15, -0.1) is 0 Å². The number of anilines is 1. The number of nitrogens with two attached hydrogens (primary N) is 1. The predicted molar refractivity (Wildman–Crippen MR) is 77.6 cm³/mol. The Balaban J connectivity index is 2.25. The lowest BCUT2D eigenvalue weighted by molar-refractivity contribution is 0.0993. The van der Waals surface area contributed by atoms with Crippen LogP contribution in [0, 0.1) is 13.8 Å². The minimum atomic E-state index is -0.0734. The van der Waals surface area contributed by atoms with E-state index in [1.165, 1.54) is 17.3 Å². The number of aromatic nitrogens is 1. The molecule has 98 valence electrons. The first kappa shape index (κ1) is 13.6. The van der Waals surface area contributed by atoms with Gasteiger partial charge in [0.15, 0.2) is 5.78 Å². The van der Waals surface area contributed by atoms with Gasteiger partial charge >= 0.3 is 0 Å². The molecule has 0 aliphatic rings. The zero-order valence-electron chi connectivity index (χ0n) is 10.9. The quantitative estimate of drug-likeness (QED) is 0.873. The molecule has 0 atom stereocenters. The third kappa shape index (κ3) is 3.12. The molecule has 0 aliphatic carbocycles. The van der Waals surface area contributed by atoms with Crippen molar-refractivity contribution >= 4 is 23.2 Å². The van der Waals surface area contributed by atoms with E-state index in [0.29, 0.717) is 17.0 Å². The number of ketones is 1. The van der Waals surface area contributed by atoms with E-state index in [1.54, 1.807) is 6.07 Å². The summed E-state index contributed by atoms with van der Waals surface area (Å²) < 4.78 is 0. The number of halogens is 1. The molecule has 1 aromatic carbocycles. The molecule has 4 heteroatoms. The SMILES string of the molecule is Cc1ccc(CC(=O)c2cc(Cl)cnc2N)cc1C. The van der Waals surface area contributed by atoms with Crippen molar-refractivity contribution < 1.29 is 4.79 Å². The molecule has 0 unspecified atom stereocenters. The smallest absolute Gasteiger partial charge is 0.170 e. The van der Waals surface area contributed by atoms with Crippen molar-refractivity contribution in [2.45, 2.75) is 20.3 Å². The molecule has 0 radical (unpaired) electrons. The van der Waals surface area contributed by atoms with Crippen molar-refractivity contribution in [1.82, 2.24) is 4.98 Å². The molecule has 0 saturated heterocycles. The number of hydrogen-bond acceptors (Lipinski definition) is 3. The zero-order valence-corrected chi connectivity index (χ0v) is 11.7. The predicted octanol–water partition coefficient (Wildman–Crippen LogP) is 3.36. The maximum atomic E-state index is 12.2. The van der Waals surface area contributed by atoms with Crippen LogP contribution in [-0.4, -0.2) is 10.8 Å². The number of aryl methyl sites for hydroxylation is 2. The summed E-state index contributed by atoms with van der Waals surface area (Å²) in [6, 6.07) is 7.54. The van der Waals surface area contributed by atoms with Crippen molar-refractivity contribution in [1.29, 1.82) is 0 Å². The van der Waals surface area contributed by atoms with E-state index in [1.807, 2.05) is 32.0 Å². The monoisotopic (exact) mass is 274 g/mol. The molecule has 0 aliphatic heterocycles. The van der Waals surface area contributed by atoms with E-state index in [0.717, 1.165) is 5.56 Å². The summed E-state index contributed by atoms with van der Waals surface area (Å²) in [5.74, 6) is 0.147. The molecular formula is C15H15ClN2O. The second-order valence-electron chi connectivity index (χ2n) is 4.60. The van der Waals surface area contributed by atoms with E-state index in [2.05, 4.69) is 4.98 Å². The Morgan fingerprint density at radius 3 is 2.68 bits per heavy atom. The van der Waals surface area contributed by atoms with Gasteiger partial charge in [-0.05, 0) is 36.6 Å². The van der Waals surface area contributed by atoms with E-state index < -0.39 is 0 Å². The van der Waals surface area contributed by atoms with Crippen LogP contribution in [-0.2, 0) is 6.42 Å². The van der Waals surface area contributed by atoms with Gasteiger partial charge < -0.3 is 5.73 Å². The van der Waals surface area contributed by atoms with Crippen molar-refractivity contribution in [3.05, 3.63) is 57.7 Å². The minimum absolute atomic E-state index is 0.0734. The van der Waals surface area contributed by atoms with E-state index in [-0.39, 0.29) is 11.6 Å². The largest absolute Gasteiger partial charge is 0.383 e. The number of carbonyl (C=O) groups is 1. The average molecular weight is 275 g/mol. The van der Waals surface area contributed by atoms with Gasteiger partial charge in [0.1, 0.15) is 5.82 Å². The summed E-state index contributed by atoms with van der Waals surface area (Å²) in [6.45, 7) is 4.07. The van der Waals surface area contributed by atoms with Crippen LogP contribution in [0.5, 0.6) is 0 Å². The number of carbonyl (C=O) groups excluding carboxylic acids is 1. The standard InChI is InChI=1S/C15H15ClN2O/c1-9-3-4-11(5-10(9)2)6-14(19)13-7-12(16)8-18-15(13)17/h3-5,7-8H,6H2,1-2H3,(H2,17,18). The number of Topliss-reactive ketones (excluding diaryl/α,β-unsaturated/α-hetero) is 1. The van der Waals surface area contributed by atoms with E-state index in [9.17, 15) is 4.79 Å². The van der Waals surface area contributed by atoms with Gasteiger partial charge in [-0.25, -0.2) is 4.98 Å². The van der Waals surface area contributed by atoms with Crippen LogP contribution in [0.25, 0.3) is 0 Å². The number of nitrogen functional groups attached to an aromatic ring is 1. The zero-order chi connectivity index (χ0) is 14.0. The van der Waals surface area contributed by atoms with Gasteiger partial charge in [0.05, 0.1) is 10.6 Å². The number of rotatable bonds is 3. The molecule has 3 nitrogen and oxygen atoms in total. The fourth-order valence-corrected chi connectivity index (χ4v) is 2.03. The summed E-state index contributed by atoms with van der Waals surface area (Å²) in [5.41, 5.74) is 9.43. The highest BCUT2D eigenvalue weighted by molar-refractivity contribution is 6.31. The molecule has 19 heavy (non-hydrogen) atoms. The van der Waals surface area contributed by atoms with Gasteiger partial charge in [0.2, 0.25) is 0 Å². The molecule has 1 aromatic heterocycles. The lowest BCUT2D eigenvalue weighted by Crippen LogP contribution is -2.08. The number of pyridine rings is 1. The Bertz CT molecular complexity index is 638. The lowest BCUT2D eigenvalue weighted by Gasteiger charge is -2.07. The van der Waals surface area contributed by atoms with E-state index >= 15 is 0 Å². The molecule has 0 bridgehead atoms. The molecule has 0 saturated carbocycles. The second-order valence-corrected chi connectivity index (χ2v) is 5.04. The third-order valence-electron chi connectivity index (χ3n) is 3.12. The fourth-order valence-electron chi connectivity index (χ4n) is 1.87. The van der Waals surface area contributed by atoms with Gasteiger partial charge in [-0.3, -0.25) is 4.79 Å². The normalized spacial score (nSPS) is 10.5. The summed E-state index contributed by atoms with van der Waals surface area (Å²) in [7, 11) is 0. The van der Waals surface area contributed by atoms with Crippen molar-refractivity contribution in [2.24, 2.45) is 0 Å². The second kappa shape index (κ2) is 5.41. The van der Waals surface area contributed by atoms with Crippen LogP contribution in [0.1, 0.15) is 27.0 Å². The Morgan fingerprint density at radius 1 is 1.26 bits per heavy atom. The average Bonchev–Trinajstić information content (AvgIpc) is 2.36. The topological polar surface area (TPSA) is 56.0 Å². The molecule has 2 rings (SSSR count). The first-order chi connectivity index (χ1) is 8.97. The van der Waals surface area contributed by atoms with Gasteiger partial charge in [-0.1, -0.05) is 29.8 Å². The summed E-state index contributed by atoms with van der Waals surface area (Å²) >= 11 is 5.84. The van der Waals surface area contributed by atoms with Crippen LogP contribution >= 0.6 is 11.6 Å². The van der Waals surface area contributed by atoms with Crippen molar-refractivity contribution in [3.63, 3.8) is 0 Å². The molecule has 0 amide bonds. The third-order valence-corrected chi connectivity index (χ3v) is 3.33. The minimum Gasteiger partial charge on any atom is -0.383 e. The van der Waals surface area contributed by atoms with E-state index in [4.69, 9.17) is 17.3 Å². The number of nitrogens with zero attached hydrogens (tertiary/aromatic N) is 1. The van der Waals surface area contributed by atoms with Crippen LogP contribution in [0.15, 0.2) is 30.5 Å². The summed E-state index contributed by atoms with van der Waals surface area (Å²) in [6.07, 6.45) is 1.73. The Labute approximate surface area is 117 Å². The lowest BCUT2D eigenvalue weighted by atomic mass is 10.00. The highest BCUT2D eigenvalue weighted by Crippen LogP contribution is 2.18. The van der Waals surface area contributed by atoms with Crippen LogP contribution in [0.3, 0.4) is 0 Å². The molecule has 1 heterocycles. The molecule has 0 fully saturated rings. The van der Waals surface area contributed by atoms with Crippen LogP contribution < -0.4 is 5.73 Å². The van der Waals surface area contributed by atoms with Gasteiger partial charge in [0, 0.05) is 12.6 Å². The molecule has 0 spiro atoms. The van der Waals surface area contributed by atoms with Gasteiger partial charge in [-0.2, -0.15) is 0 Å². The summed E-state index contributed by atoms with van der Waals surface area (Å²) in [5, 5.41) is 0.414.